The highest BCUT2D eigenvalue weighted by Crippen LogP contribution is 2.24. The van der Waals surface area contributed by atoms with Gasteiger partial charge in [-0.05, 0) is 38.1 Å². The summed E-state index contributed by atoms with van der Waals surface area (Å²) in [5.41, 5.74) is 0.747. The van der Waals surface area contributed by atoms with Crippen LogP contribution in [-0.2, 0) is 0 Å². The lowest BCUT2D eigenvalue weighted by Crippen LogP contribution is -2.28. The molecule has 0 unspecified atom stereocenters. The number of nitrogens with zero attached hydrogens (tertiary/aromatic N) is 1. The first kappa shape index (κ1) is 11.2. The molecule has 2 aromatic rings. The molecule has 0 aliphatic carbocycles. The molecular formula is C13H15N3O2. The zero-order valence-electron chi connectivity index (χ0n) is 9.98. The van der Waals surface area contributed by atoms with Gasteiger partial charge in [-0.15, -0.1) is 0 Å². The third-order valence-corrected chi connectivity index (χ3v) is 3.27. The molecule has 0 spiro atoms. The summed E-state index contributed by atoms with van der Waals surface area (Å²) in [6.45, 7) is 1.96. The number of aromatic nitrogens is 2. The van der Waals surface area contributed by atoms with E-state index in [-0.39, 0.29) is 5.56 Å². The van der Waals surface area contributed by atoms with Crippen LogP contribution in [0, 0.1) is 0 Å². The van der Waals surface area contributed by atoms with Gasteiger partial charge < -0.3 is 14.7 Å². The van der Waals surface area contributed by atoms with Gasteiger partial charge in [-0.25, -0.2) is 4.98 Å². The molecular weight excluding hydrogens is 230 g/mol. The second kappa shape index (κ2) is 4.78. The van der Waals surface area contributed by atoms with Gasteiger partial charge in [0.1, 0.15) is 0 Å². The second-order valence-corrected chi connectivity index (χ2v) is 4.52. The van der Waals surface area contributed by atoms with Crippen molar-refractivity contribution in [1.82, 2.24) is 15.3 Å². The molecule has 5 heteroatoms. The Morgan fingerprint density at radius 1 is 1.33 bits per heavy atom. The third kappa shape index (κ3) is 2.22. The Bertz CT molecular complexity index is 568. The van der Waals surface area contributed by atoms with Crippen LogP contribution in [0.2, 0.25) is 0 Å². The van der Waals surface area contributed by atoms with Crippen molar-refractivity contribution >= 4 is 0 Å². The molecule has 1 aliphatic rings. The lowest BCUT2D eigenvalue weighted by molar-refractivity contribution is 0.452. The van der Waals surface area contributed by atoms with Crippen molar-refractivity contribution in [3.05, 3.63) is 40.5 Å². The third-order valence-electron chi connectivity index (χ3n) is 3.27. The monoisotopic (exact) mass is 245 g/mol. The van der Waals surface area contributed by atoms with Crippen LogP contribution in [0.3, 0.4) is 0 Å². The first-order valence-electron chi connectivity index (χ1n) is 6.19. The molecule has 2 aromatic heterocycles. The van der Waals surface area contributed by atoms with Gasteiger partial charge >= 0.3 is 0 Å². The van der Waals surface area contributed by atoms with Crippen LogP contribution in [0.1, 0.15) is 24.5 Å². The minimum atomic E-state index is -0.120. The Morgan fingerprint density at radius 2 is 2.17 bits per heavy atom. The SMILES string of the molecule is O=c1cc(C2CCNCC2)nc(-c2ccco2)[nH]1. The van der Waals surface area contributed by atoms with Crippen LogP contribution in [0.5, 0.6) is 0 Å². The molecule has 1 aliphatic heterocycles. The summed E-state index contributed by atoms with van der Waals surface area (Å²) >= 11 is 0. The Hall–Kier alpha value is -1.88. The van der Waals surface area contributed by atoms with E-state index >= 15 is 0 Å². The van der Waals surface area contributed by atoms with Crippen LogP contribution < -0.4 is 10.9 Å². The summed E-state index contributed by atoms with van der Waals surface area (Å²) in [6, 6.07) is 5.18. The molecule has 5 nitrogen and oxygen atoms in total. The largest absolute Gasteiger partial charge is 0.461 e. The standard InChI is InChI=1S/C13H15N3O2/c17-12-8-10(9-3-5-14-6-4-9)15-13(16-12)11-2-1-7-18-11/h1-2,7-9,14H,3-6H2,(H,15,16,17). The van der Waals surface area contributed by atoms with E-state index in [4.69, 9.17) is 4.42 Å². The smallest absolute Gasteiger partial charge is 0.251 e. The van der Waals surface area contributed by atoms with Gasteiger partial charge in [0.25, 0.3) is 5.56 Å². The fourth-order valence-electron chi connectivity index (χ4n) is 2.33. The number of rotatable bonds is 2. The van der Waals surface area contributed by atoms with E-state index in [0.717, 1.165) is 31.6 Å². The first-order valence-corrected chi connectivity index (χ1v) is 6.19. The molecule has 3 rings (SSSR count). The molecule has 94 valence electrons. The van der Waals surface area contributed by atoms with Crippen LogP contribution in [0.4, 0.5) is 0 Å². The predicted octanol–water partition coefficient (Wildman–Crippen LogP) is 1.50. The fraction of sp³-hybridized carbons (Fsp3) is 0.385. The van der Waals surface area contributed by atoms with E-state index < -0.39 is 0 Å². The van der Waals surface area contributed by atoms with Crippen molar-refractivity contribution < 1.29 is 4.42 Å². The lowest BCUT2D eigenvalue weighted by atomic mass is 9.94. The number of aromatic amines is 1. The van der Waals surface area contributed by atoms with E-state index in [0.29, 0.717) is 17.5 Å². The highest BCUT2D eigenvalue weighted by atomic mass is 16.3. The molecule has 1 saturated heterocycles. The number of hydrogen-bond acceptors (Lipinski definition) is 4. The average molecular weight is 245 g/mol. The van der Waals surface area contributed by atoms with E-state index in [1.54, 1.807) is 24.5 Å². The van der Waals surface area contributed by atoms with E-state index in [1.165, 1.54) is 0 Å². The maximum Gasteiger partial charge on any atom is 0.251 e. The maximum atomic E-state index is 11.7. The molecule has 0 atom stereocenters. The summed E-state index contributed by atoms with van der Waals surface area (Å²) in [5, 5.41) is 3.31. The maximum absolute atomic E-state index is 11.7. The Balaban J connectivity index is 1.98. The first-order chi connectivity index (χ1) is 8.83. The minimum absolute atomic E-state index is 0.120. The van der Waals surface area contributed by atoms with Crippen molar-refractivity contribution in [2.24, 2.45) is 0 Å². The van der Waals surface area contributed by atoms with Crippen molar-refractivity contribution in [1.29, 1.82) is 0 Å². The highest BCUT2D eigenvalue weighted by molar-refractivity contribution is 5.46. The van der Waals surface area contributed by atoms with Crippen LogP contribution in [0.15, 0.2) is 33.7 Å². The molecule has 0 amide bonds. The molecule has 0 saturated carbocycles. The van der Waals surface area contributed by atoms with E-state index in [9.17, 15) is 4.79 Å². The average Bonchev–Trinajstić information content (AvgIpc) is 2.93. The number of furan rings is 1. The van der Waals surface area contributed by atoms with Gasteiger partial charge in [0.05, 0.1) is 12.0 Å². The van der Waals surface area contributed by atoms with Crippen LogP contribution >= 0.6 is 0 Å². The minimum Gasteiger partial charge on any atom is -0.461 e. The van der Waals surface area contributed by atoms with Gasteiger partial charge in [0, 0.05) is 12.0 Å². The Kier molecular flexibility index (Phi) is 2.98. The predicted molar refractivity (Wildman–Crippen MR) is 67.4 cm³/mol. The number of nitrogens with one attached hydrogen (secondary N) is 2. The van der Waals surface area contributed by atoms with Gasteiger partial charge in [0.2, 0.25) is 0 Å². The molecule has 0 bridgehead atoms. The number of hydrogen-bond donors (Lipinski definition) is 2. The Labute approximate surface area is 104 Å². The highest BCUT2D eigenvalue weighted by Gasteiger charge is 2.18. The van der Waals surface area contributed by atoms with Gasteiger partial charge in [0.15, 0.2) is 11.6 Å². The normalized spacial score (nSPS) is 16.9. The Morgan fingerprint density at radius 3 is 2.89 bits per heavy atom. The summed E-state index contributed by atoms with van der Waals surface area (Å²) in [7, 11) is 0. The topological polar surface area (TPSA) is 70.9 Å². The molecule has 0 radical (unpaired) electrons. The molecule has 3 heterocycles. The zero-order chi connectivity index (χ0) is 12.4. The summed E-state index contributed by atoms with van der Waals surface area (Å²) in [6.07, 6.45) is 3.62. The van der Waals surface area contributed by atoms with Gasteiger partial charge in [-0.3, -0.25) is 4.79 Å². The molecule has 0 aromatic carbocycles. The quantitative estimate of drug-likeness (QED) is 0.841. The fourth-order valence-corrected chi connectivity index (χ4v) is 2.33. The van der Waals surface area contributed by atoms with Crippen molar-refractivity contribution in [2.75, 3.05) is 13.1 Å². The van der Waals surface area contributed by atoms with Crippen molar-refractivity contribution in [3.8, 4) is 11.6 Å². The molecule has 2 N–H and O–H groups in total. The second-order valence-electron chi connectivity index (χ2n) is 4.52. The van der Waals surface area contributed by atoms with Gasteiger partial charge in [-0.2, -0.15) is 0 Å². The molecule has 1 fully saturated rings. The number of H-pyrrole nitrogens is 1. The summed E-state index contributed by atoms with van der Waals surface area (Å²) in [4.78, 5) is 18.9. The van der Waals surface area contributed by atoms with Crippen molar-refractivity contribution in [3.63, 3.8) is 0 Å². The summed E-state index contributed by atoms with van der Waals surface area (Å²) in [5.74, 6) is 1.48. The van der Waals surface area contributed by atoms with Crippen LogP contribution in [0.25, 0.3) is 11.6 Å². The van der Waals surface area contributed by atoms with Crippen LogP contribution in [-0.4, -0.2) is 23.1 Å². The summed E-state index contributed by atoms with van der Waals surface area (Å²) < 4.78 is 5.27. The van der Waals surface area contributed by atoms with Crippen molar-refractivity contribution in [2.45, 2.75) is 18.8 Å². The van der Waals surface area contributed by atoms with E-state index in [1.807, 2.05) is 0 Å². The van der Waals surface area contributed by atoms with E-state index in [2.05, 4.69) is 15.3 Å². The molecule has 18 heavy (non-hydrogen) atoms. The van der Waals surface area contributed by atoms with Gasteiger partial charge in [-0.1, -0.05) is 0 Å². The zero-order valence-corrected chi connectivity index (χ0v) is 9.98. The number of piperidine rings is 1. The lowest BCUT2D eigenvalue weighted by Gasteiger charge is -2.21.